The summed E-state index contributed by atoms with van der Waals surface area (Å²) in [7, 11) is 4.04. The van der Waals surface area contributed by atoms with E-state index in [4.69, 9.17) is 0 Å². The molecule has 0 aromatic heterocycles. The van der Waals surface area contributed by atoms with Crippen LogP contribution in [0.2, 0.25) is 0 Å². The summed E-state index contributed by atoms with van der Waals surface area (Å²) in [5.41, 5.74) is 5.92. The average molecular weight is 473 g/mol. The number of fused-ring (bicyclic) bond motifs is 1. The van der Waals surface area contributed by atoms with E-state index in [9.17, 15) is 14.0 Å². The molecule has 3 N–H and O–H groups in total. The summed E-state index contributed by atoms with van der Waals surface area (Å²) in [5.74, 6) is -0.714. The standard InChI is InChI=1S/C28H29FN4O2/c1-4-25(34)30-16-18-5-9-20(10-6-18)27(31-22-12-7-19(8-13-22)17-33(2)3)26-23-14-11-21(29)15-24(23)32-28(26)35/h5-15,31H,4,16-17H2,1-3H3,(H,30,34)(H,32,35). The molecular formula is C28H29FN4O2. The number of carbonyl (C=O) groups excluding carboxylic acids is 2. The van der Waals surface area contributed by atoms with Crippen molar-refractivity contribution in [2.24, 2.45) is 0 Å². The second-order valence-corrected chi connectivity index (χ2v) is 8.78. The molecule has 2 amide bonds. The van der Waals surface area contributed by atoms with Gasteiger partial charge in [0, 0.05) is 30.8 Å². The Morgan fingerprint density at radius 1 is 0.971 bits per heavy atom. The van der Waals surface area contributed by atoms with Crippen molar-refractivity contribution in [3.63, 3.8) is 0 Å². The van der Waals surface area contributed by atoms with Crippen LogP contribution in [0.1, 0.15) is 35.6 Å². The first-order valence-electron chi connectivity index (χ1n) is 11.6. The minimum absolute atomic E-state index is 0.0114. The van der Waals surface area contributed by atoms with Crippen LogP contribution in [-0.4, -0.2) is 30.8 Å². The maximum Gasteiger partial charge on any atom is 0.258 e. The first-order chi connectivity index (χ1) is 16.8. The number of amides is 2. The summed E-state index contributed by atoms with van der Waals surface area (Å²) in [6.45, 7) is 3.07. The van der Waals surface area contributed by atoms with Crippen molar-refractivity contribution >= 4 is 34.5 Å². The quantitative estimate of drug-likeness (QED) is 0.410. The molecule has 0 unspecified atom stereocenters. The Bertz CT molecular complexity index is 1270. The van der Waals surface area contributed by atoms with Gasteiger partial charge >= 0.3 is 0 Å². The van der Waals surface area contributed by atoms with Crippen molar-refractivity contribution in [2.45, 2.75) is 26.4 Å². The van der Waals surface area contributed by atoms with Crippen LogP contribution in [0.15, 0.2) is 66.7 Å². The largest absolute Gasteiger partial charge is 0.354 e. The molecule has 0 bridgehead atoms. The molecule has 1 heterocycles. The zero-order valence-electron chi connectivity index (χ0n) is 20.1. The van der Waals surface area contributed by atoms with Gasteiger partial charge in [-0.2, -0.15) is 0 Å². The van der Waals surface area contributed by atoms with Crippen LogP contribution in [0.3, 0.4) is 0 Å². The number of anilines is 2. The summed E-state index contributed by atoms with van der Waals surface area (Å²) in [5, 5.41) is 9.07. The lowest BCUT2D eigenvalue weighted by Crippen LogP contribution is -2.21. The van der Waals surface area contributed by atoms with E-state index in [1.165, 1.54) is 17.7 Å². The third-order valence-corrected chi connectivity index (χ3v) is 5.75. The number of hydrogen-bond donors (Lipinski definition) is 3. The minimum Gasteiger partial charge on any atom is -0.354 e. The van der Waals surface area contributed by atoms with Gasteiger partial charge in [-0.05, 0) is 61.1 Å². The van der Waals surface area contributed by atoms with Crippen LogP contribution in [-0.2, 0) is 22.7 Å². The van der Waals surface area contributed by atoms with Crippen LogP contribution in [0.25, 0.3) is 11.3 Å². The van der Waals surface area contributed by atoms with Gasteiger partial charge in [0.25, 0.3) is 5.91 Å². The molecule has 0 aliphatic carbocycles. The van der Waals surface area contributed by atoms with Gasteiger partial charge in [0.2, 0.25) is 5.91 Å². The number of hydrogen-bond acceptors (Lipinski definition) is 4. The molecule has 0 saturated carbocycles. The predicted molar refractivity (Wildman–Crippen MR) is 138 cm³/mol. The first-order valence-corrected chi connectivity index (χ1v) is 11.6. The van der Waals surface area contributed by atoms with E-state index in [0.29, 0.717) is 35.5 Å². The van der Waals surface area contributed by atoms with Gasteiger partial charge in [-0.15, -0.1) is 0 Å². The van der Waals surface area contributed by atoms with E-state index in [-0.39, 0.29) is 11.8 Å². The number of nitrogens with one attached hydrogen (secondary N) is 3. The van der Waals surface area contributed by atoms with E-state index in [0.717, 1.165) is 23.4 Å². The van der Waals surface area contributed by atoms with Crippen molar-refractivity contribution < 1.29 is 14.0 Å². The molecular weight excluding hydrogens is 443 g/mol. The topological polar surface area (TPSA) is 73.5 Å². The van der Waals surface area contributed by atoms with Crippen LogP contribution in [0.4, 0.5) is 15.8 Å². The van der Waals surface area contributed by atoms with E-state index in [1.54, 1.807) is 6.07 Å². The number of nitrogens with zero attached hydrogens (tertiary/aromatic N) is 1. The molecule has 3 aromatic rings. The van der Waals surface area contributed by atoms with Crippen molar-refractivity contribution in [1.82, 2.24) is 10.2 Å². The highest BCUT2D eigenvalue weighted by molar-refractivity contribution is 6.37. The fourth-order valence-corrected chi connectivity index (χ4v) is 3.99. The van der Waals surface area contributed by atoms with Gasteiger partial charge in [-0.3, -0.25) is 9.59 Å². The Balaban J connectivity index is 1.72. The summed E-state index contributed by atoms with van der Waals surface area (Å²) in [6, 6.07) is 20.0. The highest BCUT2D eigenvalue weighted by Crippen LogP contribution is 2.38. The lowest BCUT2D eigenvalue weighted by atomic mass is 9.99. The molecule has 7 heteroatoms. The fourth-order valence-electron chi connectivity index (χ4n) is 3.99. The van der Waals surface area contributed by atoms with Crippen LogP contribution in [0.5, 0.6) is 0 Å². The monoisotopic (exact) mass is 472 g/mol. The molecule has 1 aliphatic rings. The number of rotatable bonds is 8. The average Bonchev–Trinajstić information content (AvgIpc) is 3.16. The Morgan fingerprint density at radius 2 is 1.66 bits per heavy atom. The molecule has 0 radical (unpaired) electrons. The Labute approximate surface area is 204 Å². The predicted octanol–water partition coefficient (Wildman–Crippen LogP) is 4.85. The Hall–Kier alpha value is -3.97. The fraction of sp³-hybridized carbons (Fsp3) is 0.214. The normalized spacial score (nSPS) is 13.9. The number of carbonyl (C=O) groups is 2. The second kappa shape index (κ2) is 10.5. The molecule has 0 fully saturated rings. The van der Waals surface area contributed by atoms with Crippen molar-refractivity contribution in [1.29, 1.82) is 0 Å². The molecule has 35 heavy (non-hydrogen) atoms. The highest BCUT2D eigenvalue weighted by atomic mass is 19.1. The smallest absolute Gasteiger partial charge is 0.258 e. The molecule has 1 aliphatic heterocycles. The van der Waals surface area contributed by atoms with Gasteiger partial charge in [-0.1, -0.05) is 43.3 Å². The minimum atomic E-state index is -0.408. The Morgan fingerprint density at radius 3 is 2.31 bits per heavy atom. The lowest BCUT2D eigenvalue weighted by Gasteiger charge is -2.16. The summed E-state index contributed by atoms with van der Waals surface area (Å²) in [4.78, 5) is 26.7. The van der Waals surface area contributed by atoms with Crippen molar-refractivity contribution in [3.05, 3.63) is 94.8 Å². The molecule has 0 atom stereocenters. The third-order valence-electron chi connectivity index (χ3n) is 5.75. The zero-order chi connectivity index (χ0) is 24.9. The zero-order valence-corrected chi connectivity index (χ0v) is 20.1. The van der Waals surface area contributed by atoms with Gasteiger partial charge in [0.15, 0.2) is 0 Å². The van der Waals surface area contributed by atoms with Crippen LogP contribution in [0, 0.1) is 5.82 Å². The van der Waals surface area contributed by atoms with E-state index in [2.05, 4.69) is 20.9 Å². The van der Waals surface area contributed by atoms with Gasteiger partial charge < -0.3 is 20.9 Å². The summed E-state index contributed by atoms with van der Waals surface area (Å²) in [6.07, 6.45) is 0.431. The van der Waals surface area contributed by atoms with Crippen molar-refractivity contribution in [3.8, 4) is 0 Å². The highest BCUT2D eigenvalue weighted by Gasteiger charge is 2.28. The van der Waals surface area contributed by atoms with Gasteiger partial charge in [-0.25, -0.2) is 4.39 Å². The van der Waals surface area contributed by atoms with Gasteiger partial charge in [0.05, 0.1) is 17.0 Å². The third kappa shape index (κ3) is 5.75. The van der Waals surface area contributed by atoms with Gasteiger partial charge in [0.1, 0.15) is 5.82 Å². The lowest BCUT2D eigenvalue weighted by molar-refractivity contribution is -0.121. The second-order valence-electron chi connectivity index (χ2n) is 8.78. The molecule has 180 valence electrons. The van der Waals surface area contributed by atoms with E-state index >= 15 is 0 Å². The van der Waals surface area contributed by atoms with Crippen molar-refractivity contribution in [2.75, 3.05) is 24.7 Å². The molecule has 4 rings (SSSR count). The number of benzene rings is 3. The van der Waals surface area contributed by atoms with Crippen LogP contribution >= 0.6 is 0 Å². The van der Waals surface area contributed by atoms with Crippen LogP contribution < -0.4 is 16.0 Å². The maximum atomic E-state index is 13.8. The van der Waals surface area contributed by atoms with E-state index < -0.39 is 5.82 Å². The number of halogens is 1. The van der Waals surface area contributed by atoms with E-state index in [1.807, 2.05) is 69.6 Å². The molecule has 0 spiro atoms. The maximum absolute atomic E-state index is 13.8. The SMILES string of the molecule is CCC(=O)NCc1ccc(C(Nc2ccc(CN(C)C)cc2)=C2C(=O)Nc3cc(F)ccc32)cc1. The molecule has 3 aromatic carbocycles. The molecule has 0 saturated heterocycles. The summed E-state index contributed by atoms with van der Waals surface area (Å²) >= 11 is 0. The molecule has 6 nitrogen and oxygen atoms in total. The Kier molecular flexibility index (Phi) is 7.27. The first kappa shape index (κ1) is 24.2. The summed E-state index contributed by atoms with van der Waals surface area (Å²) < 4.78 is 13.8.